The minimum Gasteiger partial charge on any atom is -0.0628 e. The average molecular weight is 224 g/mol. The van der Waals surface area contributed by atoms with Crippen LogP contribution in [0.2, 0.25) is 0 Å². The highest BCUT2D eigenvalue weighted by Gasteiger charge is 2.04. The van der Waals surface area contributed by atoms with Crippen molar-refractivity contribution < 1.29 is 0 Å². The van der Waals surface area contributed by atoms with E-state index in [9.17, 15) is 0 Å². The monoisotopic (exact) mass is 224 g/mol. The van der Waals surface area contributed by atoms with E-state index in [0.29, 0.717) is 0 Å². The molecule has 0 spiro atoms. The summed E-state index contributed by atoms with van der Waals surface area (Å²) in [7, 11) is 0. The van der Waals surface area contributed by atoms with Gasteiger partial charge in [0.05, 0.1) is 0 Å². The highest BCUT2D eigenvalue weighted by molar-refractivity contribution is 5.67. The van der Waals surface area contributed by atoms with Gasteiger partial charge in [0.1, 0.15) is 0 Å². The zero-order valence-corrected chi connectivity index (χ0v) is 10.7. The summed E-state index contributed by atoms with van der Waals surface area (Å²) in [6.45, 7) is 4.57. The summed E-state index contributed by atoms with van der Waals surface area (Å²) in [5, 5.41) is 0. The Hall–Kier alpha value is -1.56. The summed E-state index contributed by atoms with van der Waals surface area (Å²) in [4.78, 5) is 0. The van der Waals surface area contributed by atoms with Gasteiger partial charge in [-0.1, -0.05) is 68.4 Å². The second-order valence-corrected chi connectivity index (χ2v) is 4.96. The molecule has 0 fully saturated rings. The van der Waals surface area contributed by atoms with Gasteiger partial charge >= 0.3 is 0 Å². The Morgan fingerprint density at radius 3 is 2.18 bits per heavy atom. The predicted molar refractivity (Wildman–Crippen MR) is 75.0 cm³/mol. The molecule has 2 aromatic carbocycles. The molecule has 2 rings (SSSR count). The molecular formula is C17H20. The van der Waals surface area contributed by atoms with Crippen molar-refractivity contribution in [1.29, 1.82) is 0 Å². The van der Waals surface area contributed by atoms with Crippen molar-refractivity contribution in [3.8, 4) is 11.1 Å². The molecule has 0 radical (unpaired) electrons. The average Bonchev–Trinajstić information content (AvgIpc) is 2.38. The lowest BCUT2D eigenvalue weighted by molar-refractivity contribution is 0.587. The van der Waals surface area contributed by atoms with E-state index in [4.69, 9.17) is 0 Å². The smallest absolute Gasteiger partial charge is 0.0152 e. The Balaban J connectivity index is 2.28. The maximum absolute atomic E-state index is 2.28. The van der Waals surface area contributed by atoms with E-state index >= 15 is 0 Å². The number of hydrogen-bond donors (Lipinski definition) is 0. The van der Waals surface area contributed by atoms with Gasteiger partial charge in [0.2, 0.25) is 0 Å². The number of aryl methyl sites for hydroxylation is 1. The zero-order valence-electron chi connectivity index (χ0n) is 10.7. The van der Waals surface area contributed by atoms with Crippen LogP contribution in [-0.4, -0.2) is 0 Å². The third-order valence-electron chi connectivity index (χ3n) is 3.09. The van der Waals surface area contributed by atoms with Gasteiger partial charge in [-0.15, -0.1) is 0 Å². The normalized spacial score (nSPS) is 10.8. The van der Waals surface area contributed by atoms with Crippen LogP contribution in [0.4, 0.5) is 0 Å². The number of rotatable bonds is 4. The van der Waals surface area contributed by atoms with Gasteiger partial charge in [0.15, 0.2) is 0 Å². The largest absolute Gasteiger partial charge is 0.0628 e. The van der Waals surface area contributed by atoms with Gasteiger partial charge in [-0.2, -0.15) is 0 Å². The third-order valence-corrected chi connectivity index (χ3v) is 3.09. The van der Waals surface area contributed by atoms with Gasteiger partial charge < -0.3 is 0 Å². The highest BCUT2D eigenvalue weighted by Crippen LogP contribution is 2.25. The topological polar surface area (TPSA) is 0 Å². The van der Waals surface area contributed by atoms with Crippen LogP contribution in [0.5, 0.6) is 0 Å². The van der Waals surface area contributed by atoms with Crippen LogP contribution in [0.3, 0.4) is 0 Å². The van der Waals surface area contributed by atoms with Crippen molar-refractivity contribution in [2.75, 3.05) is 0 Å². The van der Waals surface area contributed by atoms with E-state index in [0.717, 1.165) is 5.92 Å². The molecule has 88 valence electrons. The van der Waals surface area contributed by atoms with E-state index in [-0.39, 0.29) is 0 Å². The lowest BCUT2D eigenvalue weighted by Gasteiger charge is -2.11. The zero-order chi connectivity index (χ0) is 12.1. The van der Waals surface area contributed by atoms with Crippen molar-refractivity contribution in [2.45, 2.75) is 26.7 Å². The quantitative estimate of drug-likeness (QED) is 0.690. The second kappa shape index (κ2) is 5.67. The molecule has 0 unspecified atom stereocenters. The van der Waals surface area contributed by atoms with E-state index in [1.54, 1.807) is 0 Å². The fourth-order valence-corrected chi connectivity index (χ4v) is 2.08. The van der Waals surface area contributed by atoms with E-state index in [2.05, 4.69) is 68.4 Å². The minimum absolute atomic E-state index is 0.763. The Bertz CT molecular complexity index is 454. The van der Waals surface area contributed by atoms with Gasteiger partial charge in [0, 0.05) is 0 Å². The van der Waals surface area contributed by atoms with Crippen LogP contribution in [0, 0.1) is 5.92 Å². The van der Waals surface area contributed by atoms with Crippen molar-refractivity contribution >= 4 is 0 Å². The molecule has 0 N–H and O–H groups in total. The first kappa shape index (κ1) is 11.9. The molecule has 0 nitrogen and oxygen atoms in total. The first-order chi connectivity index (χ1) is 8.27. The molecule has 2 aromatic rings. The summed E-state index contributed by atoms with van der Waals surface area (Å²) in [5.74, 6) is 0.763. The van der Waals surface area contributed by atoms with Crippen LogP contribution in [0.15, 0.2) is 54.6 Å². The van der Waals surface area contributed by atoms with E-state index in [1.807, 2.05) is 0 Å². The van der Waals surface area contributed by atoms with Crippen LogP contribution in [0.25, 0.3) is 11.1 Å². The summed E-state index contributed by atoms with van der Waals surface area (Å²) in [6.07, 6.45) is 2.42. The molecular weight excluding hydrogens is 204 g/mol. The lowest BCUT2D eigenvalue weighted by atomic mass is 9.94. The Kier molecular flexibility index (Phi) is 3.98. The Morgan fingerprint density at radius 1 is 0.824 bits per heavy atom. The molecule has 0 heterocycles. The molecule has 0 bridgehead atoms. The van der Waals surface area contributed by atoms with Gasteiger partial charge in [-0.05, 0) is 35.4 Å². The first-order valence-electron chi connectivity index (χ1n) is 6.40. The molecule has 0 aliphatic rings. The van der Waals surface area contributed by atoms with Crippen LogP contribution >= 0.6 is 0 Å². The predicted octanol–water partition coefficient (Wildman–Crippen LogP) is 4.94. The third kappa shape index (κ3) is 3.20. The Labute approximate surface area is 104 Å². The molecule has 0 aliphatic heterocycles. The van der Waals surface area contributed by atoms with Gasteiger partial charge in [0.25, 0.3) is 0 Å². The molecule has 0 heteroatoms. The summed E-state index contributed by atoms with van der Waals surface area (Å²) >= 11 is 0. The van der Waals surface area contributed by atoms with Crippen molar-refractivity contribution in [3.05, 3.63) is 60.2 Å². The minimum atomic E-state index is 0.763. The van der Waals surface area contributed by atoms with Crippen LogP contribution in [0.1, 0.15) is 25.8 Å². The molecule has 0 amide bonds. The Morgan fingerprint density at radius 2 is 1.47 bits per heavy atom. The molecule has 17 heavy (non-hydrogen) atoms. The van der Waals surface area contributed by atoms with E-state index < -0.39 is 0 Å². The lowest BCUT2D eigenvalue weighted by Crippen LogP contribution is -1.94. The van der Waals surface area contributed by atoms with Crippen molar-refractivity contribution in [2.24, 2.45) is 5.92 Å². The second-order valence-electron chi connectivity index (χ2n) is 4.96. The molecule has 0 saturated heterocycles. The molecule has 0 atom stereocenters. The summed E-state index contributed by atoms with van der Waals surface area (Å²) < 4.78 is 0. The number of benzene rings is 2. The highest BCUT2D eigenvalue weighted by atomic mass is 14.1. The number of hydrogen-bond acceptors (Lipinski definition) is 0. The standard InChI is InChI=1S/C17H20/c1-14(2)12-13-16-10-6-7-11-17(16)15-8-4-3-5-9-15/h3-11,14H,12-13H2,1-2H3. The molecule has 0 saturated carbocycles. The van der Waals surface area contributed by atoms with Gasteiger partial charge in [-0.3, -0.25) is 0 Å². The summed E-state index contributed by atoms with van der Waals surface area (Å²) in [5.41, 5.74) is 4.17. The van der Waals surface area contributed by atoms with Gasteiger partial charge in [-0.25, -0.2) is 0 Å². The maximum Gasteiger partial charge on any atom is -0.0152 e. The maximum atomic E-state index is 2.28. The van der Waals surface area contributed by atoms with Crippen molar-refractivity contribution in [1.82, 2.24) is 0 Å². The fourth-order valence-electron chi connectivity index (χ4n) is 2.08. The van der Waals surface area contributed by atoms with Crippen molar-refractivity contribution in [3.63, 3.8) is 0 Å². The van der Waals surface area contributed by atoms with Crippen LogP contribution < -0.4 is 0 Å². The SMILES string of the molecule is CC(C)CCc1ccccc1-c1ccccc1. The molecule has 0 aromatic heterocycles. The fraction of sp³-hybridized carbons (Fsp3) is 0.294. The first-order valence-corrected chi connectivity index (χ1v) is 6.40. The van der Waals surface area contributed by atoms with Crippen LogP contribution in [-0.2, 0) is 6.42 Å². The van der Waals surface area contributed by atoms with E-state index in [1.165, 1.54) is 29.5 Å². The summed E-state index contributed by atoms with van der Waals surface area (Å²) in [6, 6.07) is 19.4. The molecule has 0 aliphatic carbocycles.